The third-order valence-corrected chi connectivity index (χ3v) is 26.7. The molecule has 9 heterocycles. The Hall–Kier alpha value is -2.03. The number of rotatable bonds is 29. The SMILES string of the molecule is CC1C(OC2C(CO)OC(OC3C(O)C(N)CC(N)C3OC3OC(CN)C(O)C(F)C3N)C2O)OC(CN)C(O)C1O.CCC(N)C1CCC(N)C(OC2C(N)CC(N)C(O)C2OC2OC(CO)C(OC3OC(CN)C(O)C(O)C3C)C2O)O1.CCC(N)C1CCC(N)C(OC2C(N)CC(N)C(O)C2OC2OC(CO)C(OC3OC(CN)C(O)C(O)C3C)C2O)O1. The number of hydrogen-bond acceptors (Lipinski definition) is 49. The third kappa shape index (κ3) is 23.8. The molecule has 46 N–H and O–H groups in total. The summed E-state index contributed by atoms with van der Waals surface area (Å²) >= 11 is 0. The van der Waals surface area contributed by atoms with Crippen molar-refractivity contribution in [3.63, 3.8) is 0 Å². The summed E-state index contributed by atoms with van der Waals surface area (Å²) < 4.78 is 121. The second kappa shape index (κ2) is 47.2. The topological polar surface area (TPSA) is 880 Å². The van der Waals surface area contributed by atoms with Gasteiger partial charge in [-0.1, -0.05) is 34.6 Å². The number of halogens is 1. The van der Waals surface area contributed by atoms with Gasteiger partial charge in [0.2, 0.25) is 0 Å². The van der Waals surface area contributed by atoms with E-state index in [-0.39, 0.29) is 69.7 Å². The number of alkyl halides is 1. The average Bonchev–Trinajstić information content (AvgIpc) is 1.71. The minimum atomic E-state index is -1.94. The molecule has 9 aliphatic heterocycles. The van der Waals surface area contributed by atoms with Crippen molar-refractivity contribution in [3.05, 3.63) is 0 Å². The van der Waals surface area contributed by atoms with Crippen molar-refractivity contribution in [1.82, 2.24) is 0 Å². The fourth-order valence-corrected chi connectivity index (χ4v) is 18.2. The Kier molecular flexibility index (Phi) is 39.7. The van der Waals surface area contributed by atoms with E-state index in [0.717, 1.165) is 0 Å². The molecule has 12 fully saturated rings. The van der Waals surface area contributed by atoms with Crippen LogP contribution in [-0.4, -0.2) is 446 Å². The largest absolute Gasteiger partial charge is 0.394 e. The maximum absolute atomic E-state index is 14.7. The van der Waals surface area contributed by atoms with E-state index in [1.165, 1.54) is 0 Å². The Morgan fingerprint density at radius 1 is 0.278 bits per heavy atom. The Labute approximate surface area is 729 Å². The number of aliphatic hydroxyl groups is 16. The van der Waals surface area contributed by atoms with Crippen LogP contribution in [0.3, 0.4) is 0 Å². The molecule has 55 unspecified atom stereocenters. The van der Waals surface area contributed by atoms with Crippen LogP contribution in [0.4, 0.5) is 4.39 Å². The van der Waals surface area contributed by atoms with Gasteiger partial charge in [-0.15, -0.1) is 0 Å². The van der Waals surface area contributed by atoms with Gasteiger partial charge in [0, 0.05) is 92.3 Å². The lowest BCUT2D eigenvalue weighted by molar-refractivity contribution is -0.303. The molecular formula is C76H148FN15O34. The predicted molar refractivity (Wildman–Crippen MR) is 430 cm³/mol. The standard InChI is InChI=1S/2C26H51N5O11.C24H46FN5O12/c2*1-3-10(28)14-5-4-11(29)25(37-14)40-21-13(31)6-12(30)18(34)23(21)42-26-20(36)22(16(8-32)39-26)41-24-9(2)17(33)19(35)15(7-27)38-24;1-6-14(32)17(35)10(4-27)37-22(6)41-20-11(5-31)39-24(18(20)36)42-21-15(33)7(28)2-8(29)19(21)40-23-13(30)12(25)16(34)9(3-26)38-23/h2*9-26,32-36H,3-8,27-31H2,1-2H3;6-24,31-36H,2-5,26-30H2,1H3. The molecule has 126 heavy (non-hydrogen) atoms. The molecule has 738 valence electrons. The maximum Gasteiger partial charge on any atom is 0.187 e. The molecule has 9 saturated heterocycles. The van der Waals surface area contributed by atoms with Crippen molar-refractivity contribution in [2.75, 3.05) is 46.0 Å². The zero-order valence-corrected chi connectivity index (χ0v) is 71.6. The molecule has 0 amide bonds. The molecule has 0 aromatic heterocycles. The number of aliphatic hydroxyl groups excluding tert-OH is 16. The monoisotopic (exact) mass is 1830 g/mol. The smallest absolute Gasteiger partial charge is 0.187 e. The minimum Gasteiger partial charge on any atom is -0.394 e. The second-order valence-electron chi connectivity index (χ2n) is 35.6. The van der Waals surface area contributed by atoms with Crippen LogP contribution >= 0.6 is 0 Å². The van der Waals surface area contributed by atoms with E-state index in [1.54, 1.807) is 20.8 Å². The second-order valence-corrected chi connectivity index (χ2v) is 35.6. The summed E-state index contributed by atoms with van der Waals surface area (Å²) in [6, 6.07) is -7.42. The molecule has 0 bridgehead atoms. The van der Waals surface area contributed by atoms with Crippen LogP contribution in [0, 0.1) is 17.8 Å². The van der Waals surface area contributed by atoms with Gasteiger partial charge in [0.15, 0.2) is 56.6 Å². The van der Waals surface area contributed by atoms with Gasteiger partial charge in [0.05, 0.1) is 86.8 Å². The lowest BCUT2D eigenvalue weighted by Crippen LogP contribution is -2.67. The summed E-state index contributed by atoms with van der Waals surface area (Å²) in [6.07, 6.45) is -43.6. The van der Waals surface area contributed by atoms with E-state index < -0.39 is 332 Å². The van der Waals surface area contributed by atoms with Crippen LogP contribution in [-0.2, 0) is 85.3 Å². The molecular weight excluding hydrogens is 1690 g/mol. The van der Waals surface area contributed by atoms with E-state index in [4.69, 9.17) is 171 Å². The fraction of sp³-hybridized carbons (Fsp3) is 1.00. The number of ether oxygens (including phenoxy) is 18. The number of nitrogens with two attached hydrogens (primary N) is 15. The first-order chi connectivity index (χ1) is 59.7. The number of hydrogen-bond donors (Lipinski definition) is 31. The van der Waals surface area contributed by atoms with Crippen LogP contribution in [0.5, 0.6) is 0 Å². The predicted octanol–water partition coefficient (Wildman–Crippen LogP) is -16.1. The first-order valence-corrected chi connectivity index (χ1v) is 43.9. The van der Waals surface area contributed by atoms with Gasteiger partial charge in [-0.25, -0.2) is 4.39 Å². The van der Waals surface area contributed by atoms with Crippen molar-refractivity contribution in [2.45, 2.75) is 411 Å². The molecule has 55 atom stereocenters. The van der Waals surface area contributed by atoms with Crippen molar-refractivity contribution < 1.29 is 171 Å². The highest BCUT2D eigenvalue weighted by atomic mass is 19.1. The lowest BCUT2D eigenvalue weighted by atomic mass is 9.84. The summed E-state index contributed by atoms with van der Waals surface area (Å²) in [6.45, 7) is 6.47. The van der Waals surface area contributed by atoms with Gasteiger partial charge in [-0.2, -0.15) is 0 Å². The fourth-order valence-electron chi connectivity index (χ4n) is 18.2. The average molecular weight is 1840 g/mol. The van der Waals surface area contributed by atoms with Crippen molar-refractivity contribution in [2.24, 2.45) is 104 Å². The third-order valence-electron chi connectivity index (χ3n) is 26.7. The Balaban J connectivity index is 0.000000197. The molecule has 12 rings (SSSR count). The normalized spacial score (nSPS) is 51.9. The van der Waals surface area contributed by atoms with Gasteiger partial charge < -0.3 is 253 Å². The molecule has 12 aliphatic rings. The van der Waals surface area contributed by atoms with Gasteiger partial charge in [0.25, 0.3) is 0 Å². The van der Waals surface area contributed by atoms with Crippen molar-refractivity contribution >= 4 is 0 Å². The molecule has 0 radical (unpaired) electrons. The van der Waals surface area contributed by atoms with Crippen LogP contribution in [0.1, 0.15) is 92.4 Å². The Morgan fingerprint density at radius 2 is 0.524 bits per heavy atom. The van der Waals surface area contributed by atoms with Crippen LogP contribution in [0.2, 0.25) is 0 Å². The molecule has 3 saturated carbocycles. The summed E-state index contributed by atoms with van der Waals surface area (Å²) in [5.74, 6) is -2.15. The van der Waals surface area contributed by atoms with Gasteiger partial charge in [-0.05, 0) is 57.8 Å². The van der Waals surface area contributed by atoms with Gasteiger partial charge >= 0.3 is 0 Å². The van der Waals surface area contributed by atoms with Gasteiger partial charge in [-0.3, -0.25) is 0 Å². The highest BCUT2D eigenvalue weighted by Gasteiger charge is 2.60. The van der Waals surface area contributed by atoms with E-state index in [1.807, 2.05) is 13.8 Å². The Bertz CT molecular complexity index is 3070. The maximum atomic E-state index is 14.7. The highest BCUT2D eigenvalue weighted by molar-refractivity contribution is 5.07. The summed E-state index contributed by atoms with van der Waals surface area (Å²) in [5, 5.41) is 169. The molecule has 0 spiro atoms. The van der Waals surface area contributed by atoms with E-state index in [0.29, 0.717) is 38.5 Å². The summed E-state index contributed by atoms with van der Waals surface area (Å²) in [7, 11) is 0. The molecule has 3 aliphatic carbocycles. The van der Waals surface area contributed by atoms with Gasteiger partial charge in [0.1, 0.15) is 147 Å². The quantitative estimate of drug-likeness (QED) is 0.0331. The first-order valence-electron chi connectivity index (χ1n) is 43.9. The van der Waals surface area contributed by atoms with E-state index >= 15 is 0 Å². The van der Waals surface area contributed by atoms with Crippen LogP contribution in [0.25, 0.3) is 0 Å². The zero-order valence-electron chi connectivity index (χ0n) is 71.6. The van der Waals surface area contributed by atoms with E-state index in [9.17, 15) is 86.1 Å². The summed E-state index contributed by atoms with van der Waals surface area (Å²) in [4.78, 5) is 0. The Morgan fingerprint density at radius 3 is 0.794 bits per heavy atom. The van der Waals surface area contributed by atoms with Crippen LogP contribution < -0.4 is 86.0 Å². The zero-order chi connectivity index (χ0) is 92.8. The van der Waals surface area contributed by atoms with Crippen molar-refractivity contribution in [3.8, 4) is 0 Å². The minimum absolute atomic E-state index is 0.0715. The lowest BCUT2D eigenvalue weighted by Gasteiger charge is -2.47. The van der Waals surface area contributed by atoms with Crippen LogP contribution in [0.15, 0.2) is 0 Å². The molecule has 0 aromatic carbocycles. The van der Waals surface area contributed by atoms with E-state index in [2.05, 4.69) is 0 Å². The first kappa shape index (κ1) is 106. The summed E-state index contributed by atoms with van der Waals surface area (Å²) in [5.41, 5.74) is 91.1. The molecule has 50 heteroatoms. The molecule has 0 aromatic rings. The highest BCUT2D eigenvalue weighted by Crippen LogP contribution is 2.42. The van der Waals surface area contributed by atoms with Crippen molar-refractivity contribution in [1.29, 1.82) is 0 Å². The molecule has 49 nitrogen and oxygen atoms in total.